The van der Waals surface area contributed by atoms with Crippen molar-refractivity contribution < 1.29 is 19.7 Å². The van der Waals surface area contributed by atoms with Gasteiger partial charge < -0.3 is 14.9 Å². The lowest BCUT2D eigenvalue weighted by Gasteiger charge is -2.22. The number of carbonyl (C=O) groups is 1. The summed E-state index contributed by atoms with van der Waals surface area (Å²) in [4.78, 5) is 16.2. The van der Waals surface area contributed by atoms with Crippen molar-refractivity contribution in [2.45, 2.75) is 33.3 Å². The first-order valence-electron chi connectivity index (χ1n) is 8.04. The van der Waals surface area contributed by atoms with Crippen LogP contribution in [0, 0.1) is 5.92 Å². The fraction of sp³-hybridized carbons (Fsp3) is 0.368. The van der Waals surface area contributed by atoms with E-state index in [9.17, 15) is 15.0 Å². The molecule has 24 heavy (non-hydrogen) atoms. The molecule has 1 aromatic rings. The van der Waals surface area contributed by atoms with Crippen molar-refractivity contribution in [2.75, 3.05) is 6.54 Å². The summed E-state index contributed by atoms with van der Waals surface area (Å²) in [7, 11) is 0. The Bertz CT molecular complexity index is 674. The van der Waals surface area contributed by atoms with Gasteiger partial charge >= 0.3 is 5.97 Å². The fourth-order valence-electron chi connectivity index (χ4n) is 2.60. The van der Waals surface area contributed by atoms with Gasteiger partial charge in [0.15, 0.2) is 0 Å². The first-order valence-corrected chi connectivity index (χ1v) is 8.04. The second kappa shape index (κ2) is 8.34. The summed E-state index contributed by atoms with van der Waals surface area (Å²) >= 11 is 0. The normalized spacial score (nSPS) is 18.3. The summed E-state index contributed by atoms with van der Waals surface area (Å²) in [6.45, 7) is 3.74. The summed E-state index contributed by atoms with van der Waals surface area (Å²) in [6, 6.07) is 9.46. The summed E-state index contributed by atoms with van der Waals surface area (Å²) in [5.41, 5.74) is 2.11. The Morgan fingerprint density at radius 2 is 2.00 bits per heavy atom. The highest BCUT2D eigenvalue weighted by atomic mass is 16.5. The molecule has 1 atom stereocenters. The topological polar surface area (TPSA) is 79.1 Å². The van der Waals surface area contributed by atoms with Gasteiger partial charge in [-0.1, -0.05) is 37.3 Å². The maximum absolute atomic E-state index is 11.9. The molecular weight excluding hydrogens is 306 g/mol. The van der Waals surface area contributed by atoms with E-state index in [1.165, 1.54) is 0 Å². The number of esters is 1. The van der Waals surface area contributed by atoms with Gasteiger partial charge in [-0.25, -0.2) is 0 Å². The van der Waals surface area contributed by atoms with Crippen LogP contribution in [0.15, 0.2) is 58.5 Å². The van der Waals surface area contributed by atoms with Gasteiger partial charge in [0.1, 0.15) is 24.7 Å². The van der Waals surface area contributed by atoms with Crippen molar-refractivity contribution >= 4 is 11.7 Å². The van der Waals surface area contributed by atoms with Gasteiger partial charge in [0.2, 0.25) is 0 Å². The van der Waals surface area contributed by atoms with Crippen LogP contribution >= 0.6 is 0 Å². The van der Waals surface area contributed by atoms with Crippen LogP contribution in [0.2, 0.25) is 0 Å². The predicted octanol–water partition coefficient (Wildman–Crippen LogP) is 3.87. The number of aliphatic hydroxyl groups is 2. The molecule has 0 saturated carbocycles. The van der Waals surface area contributed by atoms with Gasteiger partial charge in [0.05, 0.1) is 5.92 Å². The second-order valence-electron chi connectivity index (χ2n) is 5.70. The van der Waals surface area contributed by atoms with Crippen molar-refractivity contribution in [2.24, 2.45) is 10.9 Å². The number of allylic oxidation sites excluding steroid dienone is 3. The Hall–Kier alpha value is -2.56. The molecule has 128 valence electrons. The number of benzene rings is 1. The van der Waals surface area contributed by atoms with E-state index in [0.29, 0.717) is 18.4 Å². The number of aliphatic hydroxyl groups excluding tert-OH is 2. The summed E-state index contributed by atoms with van der Waals surface area (Å²) < 4.78 is 5.20. The molecule has 0 amide bonds. The van der Waals surface area contributed by atoms with E-state index in [-0.39, 0.29) is 30.6 Å². The Balaban J connectivity index is 1.95. The van der Waals surface area contributed by atoms with Crippen molar-refractivity contribution in [3.63, 3.8) is 0 Å². The summed E-state index contributed by atoms with van der Waals surface area (Å²) in [6.07, 6.45) is 2.75. The Morgan fingerprint density at radius 3 is 2.67 bits per heavy atom. The lowest BCUT2D eigenvalue weighted by atomic mass is 9.88. The summed E-state index contributed by atoms with van der Waals surface area (Å²) in [5.74, 6) is -0.471. The molecule has 2 N–H and O–H groups in total. The molecule has 0 aromatic heterocycles. The Labute approximate surface area is 142 Å². The van der Waals surface area contributed by atoms with Crippen LogP contribution in [-0.4, -0.2) is 28.4 Å². The van der Waals surface area contributed by atoms with Crippen molar-refractivity contribution in [3.8, 4) is 0 Å². The first-order chi connectivity index (χ1) is 11.5. The molecule has 1 unspecified atom stereocenters. The highest BCUT2D eigenvalue weighted by Gasteiger charge is 2.25. The third-order valence-corrected chi connectivity index (χ3v) is 4.06. The molecule has 0 bridgehead atoms. The largest absolute Gasteiger partial charge is 0.511 e. The molecule has 2 rings (SSSR count). The van der Waals surface area contributed by atoms with Crippen LogP contribution in [0.3, 0.4) is 0 Å². The smallest absolute Gasteiger partial charge is 0.328 e. The van der Waals surface area contributed by atoms with Crippen molar-refractivity contribution in [1.29, 1.82) is 0 Å². The Morgan fingerprint density at radius 1 is 1.29 bits per heavy atom. The molecule has 5 nitrogen and oxygen atoms in total. The Kier molecular flexibility index (Phi) is 6.18. The van der Waals surface area contributed by atoms with Crippen LogP contribution in [0.1, 0.15) is 32.3 Å². The van der Waals surface area contributed by atoms with Gasteiger partial charge in [0.25, 0.3) is 0 Å². The molecular formula is C19H23NO4. The van der Waals surface area contributed by atoms with Crippen LogP contribution in [0.5, 0.6) is 0 Å². The molecule has 0 heterocycles. The molecule has 0 saturated heterocycles. The van der Waals surface area contributed by atoms with E-state index in [2.05, 4.69) is 4.99 Å². The van der Waals surface area contributed by atoms with Gasteiger partial charge in [-0.2, -0.15) is 0 Å². The monoisotopic (exact) mass is 329 g/mol. The number of hydrogen-bond donors (Lipinski definition) is 2. The van der Waals surface area contributed by atoms with Crippen molar-refractivity contribution in [1.82, 2.24) is 0 Å². The minimum atomic E-state index is -0.404. The third-order valence-electron chi connectivity index (χ3n) is 4.06. The lowest BCUT2D eigenvalue weighted by Crippen LogP contribution is -2.22. The van der Waals surface area contributed by atoms with Crippen LogP contribution in [-0.2, 0) is 16.1 Å². The molecule has 1 aromatic carbocycles. The number of rotatable bonds is 6. The van der Waals surface area contributed by atoms with Crippen molar-refractivity contribution in [3.05, 3.63) is 59.1 Å². The quantitative estimate of drug-likeness (QED) is 0.613. The SMILES string of the molecule is CC/C(=N\CC(=O)OCc1ccccc1)C1CC=C(O)C(C)=C1O. The number of aliphatic imine (C=N–C) groups is 1. The molecule has 0 spiro atoms. The molecule has 0 fully saturated rings. The van der Waals surface area contributed by atoms with E-state index in [0.717, 1.165) is 11.3 Å². The third kappa shape index (κ3) is 4.47. The molecule has 5 heteroatoms. The van der Waals surface area contributed by atoms with E-state index in [1.54, 1.807) is 13.0 Å². The van der Waals surface area contributed by atoms with Crippen LogP contribution in [0.4, 0.5) is 0 Å². The van der Waals surface area contributed by atoms with Gasteiger partial charge in [-0.15, -0.1) is 0 Å². The molecule has 1 aliphatic rings. The average Bonchev–Trinajstić information content (AvgIpc) is 2.61. The maximum Gasteiger partial charge on any atom is 0.328 e. The highest BCUT2D eigenvalue weighted by molar-refractivity contribution is 5.90. The van der Waals surface area contributed by atoms with Crippen LogP contribution in [0.25, 0.3) is 0 Å². The molecule has 0 radical (unpaired) electrons. The molecule has 0 aliphatic heterocycles. The van der Waals surface area contributed by atoms with E-state index in [1.807, 2.05) is 37.3 Å². The number of carbonyl (C=O) groups excluding carboxylic acids is 1. The van der Waals surface area contributed by atoms with Gasteiger partial charge in [-0.3, -0.25) is 9.79 Å². The molecule has 1 aliphatic carbocycles. The number of hydrogen-bond acceptors (Lipinski definition) is 5. The fourth-order valence-corrected chi connectivity index (χ4v) is 2.60. The predicted molar refractivity (Wildman–Crippen MR) is 93.0 cm³/mol. The van der Waals surface area contributed by atoms with Gasteiger partial charge in [0, 0.05) is 11.3 Å². The standard InChI is InChI=1S/C19H23NO4/c1-3-16(15-9-10-17(21)13(2)19(15)23)20-11-18(22)24-12-14-7-5-4-6-8-14/h4-8,10,15,21,23H,3,9,11-12H2,1-2H3/b20-16+. The second-order valence-corrected chi connectivity index (χ2v) is 5.70. The number of ether oxygens (including phenoxy) is 1. The van der Waals surface area contributed by atoms with E-state index in [4.69, 9.17) is 4.74 Å². The zero-order chi connectivity index (χ0) is 17.5. The zero-order valence-electron chi connectivity index (χ0n) is 14.0. The number of nitrogens with zero attached hydrogens (tertiary/aromatic N) is 1. The minimum absolute atomic E-state index is 0.0749. The zero-order valence-corrected chi connectivity index (χ0v) is 14.0. The van der Waals surface area contributed by atoms with E-state index < -0.39 is 5.97 Å². The van der Waals surface area contributed by atoms with E-state index >= 15 is 0 Å². The summed E-state index contributed by atoms with van der Waals surface area (Å²) in [5, 5.41) is 19.9. The minimum Gasteiger partial charge on any atom is -0.511 e. The van der Waals surface area contributed by atoms with Crippen LogP contribution < -0.4 is 0 Å². The van der Waals surface area contributed by atoms with Gasteiger partial charge in [-0.05, 0) is 31.4 Å². The maximum atomic E-state index is 11.9. The highest BCUT2D eigenvalue weighted by Crippen LogP contribution is 2.28. The average molecular weight is 329 g/mol. The lowest BCUT2D eigenvalue weighted by molar-refractivity contribution is -0.143. The first kappa shape index (κ1) is 17.8.